The van der Waals surface area contributed by atoms with E-state index in [4.69, 9.17) is 5.73 Å². The van der Waals surface area contributed by atoms with Crippen molar-refractivity contribution in [3.8, 4) is 5.69 Å². The average Bonchev–Trinajstić information content (AvgIpc) is 2.82. The zero-order valence-electron chi connectivity index (χ0n) is 8.41. The van der Waals surface area contributed by atoms with Crippen molar-refractivity contribution in [1.29, 1.82) is 0 Å². The molecule has 2 heterocycles. The fraction of sp³-hybridized carbons (Fsp3) is 0. The second kappa shape index (κ2) is 3.30. The molecule has 0 saturated carbocycles. The number of nitrogens with two attached hydrogens (primary N) is 1. The van der Waals surface area contributed by atoms with E-state index in [1.807, 2.05) is 24.3 Å². The summed E-state index contributed by atoms with van der Waals surface area (Å²) in [6.45, 7) is 0. The SMILES string of the molecule is Nc1cnc2ccccc2c1-n1cncn1. The normalized spacial score (nSPS) is 10.8. The van der Waals surface area contributed by atoms with E-state index < -0.39 is 0 Å². The van der Waals surface area contributed by atoms with Crippen molar-refractivity contribution in [1.82, 2.24) is 19.7 Å². The highest BCUT2D eigenvalue weighted by molar-refractivity contribution is 5.91. The van der Waals surface area contributed by atoms with Gasteiger partial charge >= 0.3 is 0 Å². The minimum atomic E-state index is 0.587. The van der Waals surface area contributed by atoms with Gasteiger partial charge in [0.05, 0.1) is 17.4 Å². The Labute approximate surface area is 91.6 Å². The van der Waals surface area contributed by atoms with Gasteiger partial charge in [-0.3, -0.25) is 4.98 Å². The van der Waals surface area contributed by atoms with Crippen molar-refractivity contribution < 1.29 is 0 Å². The molecule has 16 heavy (non-hydrogen) atoms. The zero-order chi connectivity index (χ0) is 11.0. The van der Waals surface area contributed by atoms with Crippen molar-refractivity contribution in [2.75, 3.05) is 5.73 Å². The third kappa shape index (κ3) is 1.22. The third-order valence-corrected chi connectivity index (χ3v) is 2.42. The van der Waals surface area contributed by atoms with Gasteiger partial charge in [0.1, 0.15) is 18.3 Å². The number of benzene rings is 1. The summed E-state index contributed by atoms with van der Waals surface area (Å²) in [5, 5.41) is 5.06. The minimum Gasteiger partial charge on any atom is -0.396 e. The molecule has 5 heteroatoms. The smallest absolute Gasteiger partial charge is 0.138 e. The van der Waals surface area contributed by atoms with Gasteiger partial charge in [-0.05, 0) is 6.07 Å². The summed E-state index contributed by atoms with van der Waals surface area (Å²) in [5.74, 6) is 0. The van der Waals surface area contributed by atoms with Crippen molar-refractivity contribution >= 4 is 16.6 Å². The second-order valence-electron chi connectivity index (χ2n) is 3.42. The van der Waals surface area contributed by atoms with Gasteiger partial charge in [0.15, 0.2) is 0 Å². The maximum Gasteiger partial charge on any atom is 0.138 e. The lowest BCUT2D eigenvalue weighted by Crippen LogP contribution is -2.02. The molecule has 2 aromatic heterocycles. The van der Waals surface area contributed by atoms with Crippen LogP contribution in [0.4, 0.5) is 5.69 Å². The summed E-state index contributed by atoms with van der Waals surface area (Å²) in [4.78, 5) is 8.19. The number of hydrogen-bond acceptors (Lipinski definition) is 4. The van der Waals surface area contributed by atoms with Crippen LogP contribution in [-0.2, 0) is 0 Å². The van der Waals surface area contributed by atoms with Crippen LogP contribution in [0.25, 0.3) is 16.6 Å². The summed E-state index contributed by atoms with van der Waals surface area (Å²) in [5.41, 5.74) is 8.23. The summed E-state index contributed by atoms with van der Waals surface area (Å²) < 4.78 is 1.65. The van der Waals surface area contributed by atoms with Gasteiger partial charge in [0.2, 0.25) is 0 Å². The Hall–Kier alpha value is -2.43. The van der Waals surface area contributed by atoms with Crippen molar-refractivity contribution in [2.45, 2.75) is 0 Å². The molecule has 0 bridgehead atoms. The average molecular weight is 211 g/mol. The number of aromatic nitrogens is 4. The van der Waals surface area contributed by atoms with E-state index >= 15 is 0 Å². The topological polar surface area (TPSA) is 69.6 Å². The second-order valence-corrected chi connectivity index (χ2v) is 3.42. The molecule has 0 unspecified atom stereocenters. The lowest BCUT2D eigenvalue weighted by molar-refractivity contribution is 0.887. The minimum absolute atomic E-state index is 0.587. The Balaban J connectivity index is 2.42. The molecule has 0 atom stereocenters. The van der Waals surface area contributed by atoms with Crippen LogP contribution in [0, 0.1) is 0 Å². The van der Waals surface area contributed by atoms with E-state index in [0.717, 1.165) is 16.6 Å². The molecule has 3 aromatic rings. The van der Waals surface area contributed by atoms with Gasteiger partial charge in [-0.1, -0.05) is 18.2 Å². The lowest BCUT2D eigenvalue weighted by Gasteiger charge is -2.08. The predicted octanol–water partition coefficient (Wildman–Crippen LogP) is 1.40. The number of hydrogen-bond donors (Lipinski definition) is 1. The van der Waals surface area contributed by atoms with Crippen LogP contribution >= 0.6 is 0 Å². The van der Waals surface area contributed by atoms with E-state index in [1.54, 1.807) is 17.2 Å². The fourth-order valence-electron chi connectivity index (χ4n) is 1.72. The molecule has 0 amide bonds. The molecular weight excluding hydrogens is 202 g/mol. The first-order valence-corrected chi connectivity index (χ1v) is 4.84. The Morgan fingerprint density at radius 2 is 2.06 bits per heavy atom. The van der Waals surface area contributed by atoms with Gasteiger partial charge in [0.25, 0.3) is 0 Å². The van der Waals surface area contributed by atoms with Gasteiger partial charge in [0, 0.05) is 5.39 Å². The number of fused-ring (bicyclic) bond motifs is 1. The Morgan fingerprint density at radius 3 is 2.88 bits per heavy atom. The molecule has 3 rings (SSSR count). The summed E-state index contributed by atoms with van der Waals surface area (Å²) in [6.07, 6.45) is 4.74. The van der Waals surface area contributed by atoms with Crippen molar-refractivity contribution in [2.24, 2.45) is 0 Å². The first-order chi connectivity index (χ1) is 7.86. The lowest BCUT2D eigenvalue weighted by atomic mass is 10.1. The van der Waals surface area contributed by atoms with Crippen LogP contribution in [0.15, 0.2) is 43.1 Å². The zero-order valence-corrected chi connectivity index (χ0v) is 8.41. The largest absolute Gasteiger partial charge is 0.396 e. The van der Waals surface area contributed by atoms with E-state index in [9.17, 15) is 0 Å². The third-order valence-electron chi connectivity index (χ3n) is 2.42. The van der Waals surface area contributed by atoms with Crippen LogP contribution in [0.2, 0.25) is 0 Å². The number of nitrogens with zero attached hydrogens (tertiary/aromatic N) is 4. The molecule has 5 nitrogen and oxygen atoms in total. The molecule has 78 valence electrons. The number of anilines is 1. The molecule has 0 aliphatic carbocycles. The van der Waals surface area contributed by atoms with Crippen LogP contribution in [0.3, 0.4) is 0 Å². The number of rotatable bonds is 1. The molecule has 2 N–H and O–H groups in total. The first-order valence-electron chi connectivity index (χ1n) is 4.84. The van der Waals surface area contributed by atoms with Gasteiger partial charge in [-0.25, -0.2) is 9.67 Å². The maximum absolute atomic E-state index is 5.93. The molecule has 0 spiro atoms. The Kier molecular flexibility index (Phi) is 1.83. The van der Waals surface area contributed by atoms with Crippen LogP contribution in [-0.4, -0.2) is 19.7 Å². The molecule has 0 saturated heterocycles. The van der Waals surface area contributed by atoms with E-state index in [2.05, 4.69) is 15.1 Å². The first kappa shape index (κ1) is 8.84. The summed E-state index contributed by atoms with van der Waals surface area (Å²) in [7, 11) is 0. The fourth-order valence-corrected chi connectivity index (χ4v) is 1.72. The number of nitrogen functional groups attached to an aromatic ring is 1. The molecule has 0 aliphatic heterocycles. The van der Waals surface area contributed by atoms with Crippen LogP contribution < -0.4 is 5.73 Å². The van der Waals surface area contributed by atoms with E-state index in [0.29, 0.717) is 5.69 Å². The van der Waals surface area contributed by atoms with E-state index in [-0.39, 0.29) is 0 Å². The Bertz CT molecular complexity index is 630. The molecule has 0 radical (unpaired) electrons. The number of pyridine rings is 1. The highest BCUT2D eigenvalue weighted by Gasteiger charge is 2.08. The highest BCUT2D eigenvalue weighted by atomic mass is 15.3. The Morgan fingerprint density at radius 1 is 1.19 bits per heavy atom. The van der Waals surface area contributed by atoms with E-state index in [1.165, 1.54) is 6.33 Å². The molecule has 0 fully saturated rings. The van der Waals surface area contributed by atoms with Crippen LogP contribution in [0.5, 0.6) is 0 Å². The predicted molar refractivity (Wildman–Crippen MR) is 61.1 cm³/mol. The maximum atomic E-state index is 5.93. The quantitative estimate of drug-likeness (QED) is 0.660. The molecule has 0 aliphatic rings. The summed E-state index contributed by atoms with van der Waals surface area (Å²) >= 11 is 0. The van der Waals surface area contributed by atoms with Gasteiger partial charge in [-0.15, -0.1) is 0 Å². The van der Waals surface area contributed by atoms with Crippen molar-refractivity contribution in [3.05, 3.63) is 43.1 Å². The van der Waals surface area contributed by atoms with Gasteiger partial charge < -0.3 is 5.73 Å². The van der Waals surface area contributed by atoms with Crippen molar-refractivity contribution in [3.63, 3.8) is 0 Å². The highest BCUT2D eigenvalue weighted by Crippen LogP contribution is 2.24. The van der Waals surface area contributed by atoms with Crippen LogP contribution in [0.1, 0.15) is 0 Å². The molecule has 1 aromatic carbocycles. The summed E-state index contributed by atoms with van der Waals surface area (Å²) in [6, 6.07) is 7.80. The van der Waals surface area contributed by atoms with Gasteiger partial charge in [-0.2, -0.15) is 5.10 Å². The number of para-hydroxylation sites is 1. The molecular formula is C11H9N5. The standard InChI is InChI=1S/C11H9N5/c12-9-5-14-10-4-2-1-3-8(10)11(9)16-7-13-6-15-16/h1-7H,12H2. The monoisotopic (exact) mass is 211 g/mol.